The smallest absolute Gasteiger partial charge is 0.254 e. The molecule has 1 aliphatic heterocycles. The molecule has 0 aliphatic carbocycles. The summed E-state index contributed by atoms with van der Waals surface area (Å²) in [5.41, 5.74) is 0.671. The third-order valence-electron chi connectivity index (χ3n) is 1.67. The average molecular weight is 146 g/mol. The molecule has 0 unspecified atom stereocenters. The van der Waals surface area contributed by atoms with Crippen molar-refractivity contribution in [3.63, 3.8) is 0 Å². The highest BCUT2D eigenvalue weighted by molar-refractivity contribution is 5.95. The molecule has 2 heteroatoms. The molecule has 55 valence electrons. The maximum Gasteiger partial charge on any atom is 0.254 e. The Balaban J connectivity index is 2.22. The van der Waals surface area contributed by atoms with Crippen molar-refractivity contribution in [2.75, 3.05) is 13.1 Å². The van der Waals surface area contributed by atoms with Crippen molar-refractivity contribution >= 4 is 5.91 Å². The van der Waals surface area contributed by atoms with Crippen molar-refractivity contribution in [3.8, 4) is 0 Å². The molecule has 1 amide bonds. The van der Waals surface area contributed by atoms with Crippen LogP contribution in [-0.2, 0) is 0 Å². The molecule has 1 aromatic carbocycles. The summed E-state index contributed by atoms with van der Waals surface area (Å²) in [6.45, 7) is 1.81. The molecule has 0 N–H and O–H groups in total. The summed E-state index contributed by atoms with van der Waals surface area (Å²) in [6, 6.07) is 10.2. The second-order valence-corrected chi connectivity index (χ2v) is 2.57. The fourth-order valence-corrected chi connectivity index (χ4v) is 0.950. The Hall–Kier alpha value is -1.31. The Morgan fingerprint density at radius 3 is 2.82 bits per heavy atom. The zero-order valence-electron chi connectivity index (χ0n) is 6.08. The van der Waals surface area contributed by atoms with Gasteiger partial charge in [0.2, 0.25) is 0 Å². The Morgan fingerprint density at radius 1 is 1.45 bits per heavy atom. The summed E-state index contributed by atoms with van der Waals surface area (Å²) < 4.78 is 0. The molecule has 1 heterocycles. The number of nitrogens with zero attached hydrogens (tertiary/aromatic N) is 1. The molecular weight excluding hydrogens is 138 g/mol. The van der Waals surface area contributed by atoms with Crippen molar-refractivity contribution < 1.29 is 4.79 Å². The van der Waals surface area contributed by atoms with Crippen molar-refractivity contribution in [2.45, 2.75) is 0 Å². The molecule has 0 saturated carbocycles. The third kappa shape index (κ3) is 1.24. The minimum absolute atomic E-state index is 0.102. The largest absolute Gasteiger partial charge is 0.335 e. The van der Waals surface area contributed by atoms with Gasteiger partial charge >= 0.3 is 0 Å². The first-order valence-corrected chi connectivity index (χ1v) is 3.64. The van der Waals surface area contributed by atoms with Crippen LogP contribution in [0.3, 0.4) is 0 Å². The second kappa shape index (κ2) is 2.38. The van der Waals surface area contributed by atoms with Crippen LogP contribution in [-0.4, -0.2) is 23.9 Å². The van der Waals surface area contributed by atoms with E-state index in [1.807, 2.05) is 12.1 Å². The quantitative estimate of drug-likeness (QED) is 0.540. The van der Waals surface area contributed by atoms with Crippen LogP contribution in [0.1, 0.15) is 10.4 Å². The van der Waals surface area contributed by atoms with Gasteiger partial charge in [-0.05, 0) is 12.1 Å². The summed E-state index contributed by atoms with van der Waals surface area (Å²) in [6.07, 6.45) is 0. The normalized spacial score (nSPS) is 14.7. The summed E-state index contributed by atoms with van der Waals surface area (Å²) >= 11 is 0. The van der Waals surface area contributed by atoms with Crippen LogP contribution in [0.5, 0.6) is 0 Å². The highest BCUT2D eigenvalue weighted by Crippen LogP contribution is 2.10. The fourth-order valence-electron chi connectivity index (χ4n) is 0.950. The van der Waals surface area contributed by atoms with Crippen LogP contribution in [0.4, 0.5) is 0 Å². The fraction of sp³-hybridized carbons (Fsp3) is 0.222. The standard InChI is InChI=1S/C9H8NO/c11-9(10-6-7-10)8-4-2-1-3-5-8/h1-4H,6-7H2. The van der Waals surface area contributed by atoms with Gasteiger partial charge in [-0.15, -0.1) is 0 Å². The third-order valence-corrected chi connectivity index (χ3v) is 1.67. The van der Waals surface area contributed by atoms with Crippen molar-refractivity contribution in [1.82, 2.24) is 4.90 Å². The molecule has 0 spiro atoms. The van der Waals surface area contributed by atoms with Crippen LogP contribution >= 0.6 is 0 Å². The first kappa shape index (κ1) is 6.40. The SMILES string of the molecule is O=C(c1[c]cccc1)N1CC1. The maximum atomic E-state index is 11.3. The number of carbonyl (C=O) groups is 1. The van der Waals surface area contributed by atoms with Gasteiger partial charge in [-0.2, -0.15) is 0 Å². The predicted molar refractivity (Wildman–Crippen MR) is 41.2 cm³/mol. The van der Waals surface area contributed by atoms with Gasteiger partial charge in [-0.1, -0.05) is 18.2 Å². The van der Waals surface area contributed by atoms with Gasteiger partial charge in [0.25, 0.3) is 5.91 Å². The number of carbonyl (C=O) groups excluding carboxylic acids is 1. The second-order valence-electron chi connectivity index (χ2n) is 2.57. The van der Waals surface area contributed by atoms with Crippen molar-refractivity contribution in [1.29, 1.82) is 0 Å². The Kier molecular flexibility index (Phi) is 1.39. The molecule has 0 atom stereocenters. The molecule has 11 heavy (non-hydrogen) atoms. The molecule has 2 nitrogen and oxygen atoms in total. The van der Waals surface area contributed by atoms with E-state index in [-0.39, 0.29) is 5.91 Å². The summed E-state index contributed by atoms with van der Waals surface area (Å²) in [5.74, 6) is 0.102. The summed E-state index contributed by atoms with van der Waals surface area (Å²) in [5, 5.41) is 0. The van der Waals surface area contributed by atoms with Crippen LogP contribution in [0.25, 0.3) is 0 Å². The molecule has 1 fully saturated rings. The van der Waals surface area contributed by atoms with Gasteiger partial charge < -0.3 is 4.90 Å². The molecule has 1 saturated heterocycles. The molecule has 0 aromatic heterocycles. The minimum Gasteiger partial charge on any atom is -0.335 e. The van der Waals surface area contributed by atoms with E-state index in [9.17, 15) is 4.79 Å². The highest BCUT2D eigenvalue weighted by atomic mass is 16.2. The highest BCUT2D eigenvalue weighted by Gasteiger charge is 2.24. The van der Waals surface area contributed by atoms with Gasteiger partial charge in [0.15, 0.2) is 0 Å². The van der Waals surface area contributed by atoms with E-state index >= 15 is 0 Å². The zero-order chi connectivity index (χ0) is 7.68. The molecule has 1 radical (unpaired) electrons. The lowest BCUT2D eigenvalue weighted by Crippen LogP contribution is -2.09. The zero-order valence-corrected chi connectivity index (χ0v) is 6.08. The van der Waals surface area contributed by atoms with Gasteiger partial charge in [0, 0.05) is 18.7 Å². The van der Waals surface area contributed by atoms with E-state index in [4.69, 9.17) is 0 Å². The van der Waals surface area contributed by atoms with Gasteiger partial charge in [-0.25, -0.2) is 0 Å². The van der Waals surface area contributed by atoms with Crippen molar-refractivity contribution in [3.05, 3.63) is 35.9 Å². The van der Waals surface area contributed by atoms with Crippen LogP contribution in [0.15, 0.2) is 24.3 Å². The van der Waals surface area contributed by atoms with Crippen molar-refractivity contribution in [2.24, 2.45) is 0 Å². The van der Waals surface area contributed by atoms with E-state index in [1.54, 1.807) is 17.0 Å². The first-order valence-electron chi connectivity index (χ1n) is 3.64. The molecule has 1 aromatic rings. The summed E-state index contributed by atoms with van der Waals surface area (Å²) in [7, 11) is 0. The van der Waals surface area contributed by atoms with E-state index in [1.165, 1.54) is 0 Å². The lowest BCUT2D eigenvalue weighted by Gasteiger charge is -1.98. The number of amides is 1. The number of rotatable bonds is 1. The van der Waals surface area contributed by atoms with E-state index in [0.717, 1.165) is 13.1 Å². The van der Waals surface area contributed by atoms with Gasteiger partial charge in [0.05, 0.1) is 0 Å². The molecular formula is C9H8NO. The minimum atomic E-state index is 0.102. The predicted octanol–water partition coefficient (Wildman–Crippen LogP) is 0.943. The monoisotopic (exact) mass is 146 g/mol. The number of benzene rings is 1. The lowest BCUT2D eigenvalue weighted by atomic mass is 10.2. The number of hydrogen-bond donors (Lipinski definition) is 0. The topological polar surface area (TPSA) is 20.1 Å². The summed E-state index contributed by atoms with van der Waals surface area (Å²) in [4.78, 5) is 13.1. The van der Waals surface area contributed by atoms with E-state index < -0.39 is 0 Å². The van der Waals surface area contributed by atoms with Gasteiger partial charge in [0.1, 0.15) is 0 Å². The molecule has 2 rings (SSSR count). The lowest BCUT2D eigenvalue weighted by molar-refractivity contribution is 0.0885. The maximum absolute atomic E-state index is 11.3. The number of hydrogen-bond acceptors (Lipinski definition) is 1. The van der Waals surface area contributed by atoms with E-state index in [0.29, 0.717) is 5.56 Å². The molecule has 1 aliphatic rings. The molecule has 0 bridgehead atoms. The van der Waals surface area contributed by atoms with Crippen LogP contribution < -0.4 is 0 Å². The van der Waals surface area contributed by atoms with Gasteiger partial charge in [-0.3, -0.25) is 4.79 Å². The van der Waals surface area contributed by atoms with Crippen LogP contribution in [0.2, 0.25) is 0 Å². The van der Waals surface area contributed by atoms with E-state index in [2.05, 4.69) is 6.07 Å². The Labute approximate surface area is 65.4 Å². The first-order chi connectivity index (χ1) is 5.38. The average Bonchev–Trinajstić information content (AvgIpc) is 2.87. The van der Waals surface area contributed by atoms with Crippen LogP contribution in [0, 0.1) is 6.07 Å². The Bertz CT molecular complexity index is 264. The Morgan fingerprint density at radius 2 is 2.27 bits per heavy atom.